The zero-order valence-corrected chi connectivity index (χ0v) is 16.5. The third kappa shape index (κ3) is 3.16. The Balaban J connectivity index is 1.42. The van der Waals surface area contributed by atoms with Crippen LogP contribution in [0.2, 0.25) is 0 Å². The lowest BCUT2D eigenvalue weighted by molar-refractivity contribution is -0.188. The summed E-state index contributed by atoms with van der Waals surface area (Å²) < 4.78 is 6.05. The van der Waals surface area contributed by atoms with E-state index in [0.29, 0.717) is 24.1 Å². The van der Waals surface area contributed by atoms with Gasteiger partial charge in [-0.05, 0) is 80.8 Å². The highest BCUT2D eigenvalue weighted by Crippen LogP contribution is 2.59. The highest BCUT2D eigenvalue weighted by molar-refractivity contribution is 6.39. The van der Waals surface area contributed by atoms with Crippen molar-refractivity contribution in [2.45, 2.75) is 51.6 Å². The number of para-hydroxylation sites is 1. The number of nitrogens with one attached hydrogen (secondary N) is 2. The van der Waals surface area contributed by atoms with Crippen LogP contribution in [0.4, 0.5) is 5.69 Å². The lowest BCUT2D eigenvalue weighted by atomic mass is 9.49. The molecule has 0 saturated heterocycles. The molecule has 1 aromatic carbocycles. The van der Waals surface area contributed by atoms with Gasteiger partial charge in [0, 0.05) is 19.3 Å². The SMILES string of the molecule is COC1(CNC(=O)C(=O)Nc2c(C)cccc2C)C2CC3CC(C2)CC1C3. The highest BCUT2D eigenvalue weighted by Gasteiger charge is 2.57. The summed E-state index contributed by atoms with van der Waals surface area (Å²) in [6.07, 6.45) is 6.17. The molecule has 0 spiro atoms. The lowest BCUT2D eigenvalue weighted by Gasteiger charge is -2.60. The van der Waals surface area contributed by atoms with E-state index < -0.39 is 11.8 Å². The molecule has 4 bridgehead atoms. The van der Waals surface area contributed by atoms with Gasteiger partial charge in [-0.1, -0.05) is 18.2 Å². The number of aryl methyl sites for hydroxylation is 2. The van der Waals surface area contributed by atoms with E-state index in [-0.39, 0.29) is 5.60 Å². The highest BCUT2D eigenvalue weighted by atomic mass is 16.5. The molecule has 0 aliphatic heterocycles. The first-order valence-electron chi connectivity index (χ1n) is 10.1. The predicted octanol–water partition coefficient (Wildman–Crippen LogP) is 3.20. The average Bonchev–Trinajstić information content (AvgIpc) is 2.64. The van der Waals surface area contributed by atoms with Crippen molar-refractivity contribution in [3.8, 4) is 0 Å². The summed E-state index contributed by atoms with van der Waals surface area (Å²) in [4.78, 5) is 24.9. The zero-order chi connectivity index (χ0) is 19.2. The Morgan fingerprint density at radius 3 is 2.07 bits per heavy atom. The van der Waals surface area contributed by atoms with E-state index in [1.807, 2.05) is 32.0 Å². The van der Waals surface area contributed by atoms with Gasteiger partial charge < -0.3 is 15.4 Å². The number of benzene rings is 1. The Morgan fingerprint density at radius 1 is 1.00 bits per heavy atom. The molecule has 4 aliphatic carbocycles. The van der Waals surface area contributed by atoms with E-state index in [1.54, 1.807) is 7.11 Å². The van der Waals surface area contributed by atoms with Crippen molar-refractivity contribution in [1.29, 1.82) is 0 Å². The molecule has 146 valence electrons. The van der Waals surface area contributed by atoms with Gasteiger partial charge in [0.05, 0.1) is 5.60 Å². The van der Waals surface area contributed by atoms with Crippen molar-refractivity contribution >= 4 is 17.5 Å². The minimum Gasteiger partial charge on any atom is -0.376 e. The first-order valence-corrected chi connectivity index (χ1v) is 10.1. The van der Waals surface area contributed by atoms with Crippen molar-refractivity contribution in [3.05, 3.63) is 29.3 Å². The summed E-state index contributed by atoms with van der Waals surface area (Å²) in [6, 6.07) is 5.79. The van der Waals surface area contributed by atoms with Gasteiger partial charge in [-0.3, -0.25) is 9.59 Å². The largest absolute Gasteiger partial charge is 0.376 e. The number of carbonyl (C=O) groups is 2. The Morgan fingerprint density at radius 2 is 1.56 bits per heavy atom. The first kappa shape index (κ1) is 18.5. The Kier molecular flexibility index (Phi) is 4.75. The number of rotatable bonds is 4. The van der Waals surface area contributed by atoms with E-state index in [0.717, 1.165) is 23.0 Å². The van der Waals surface area contributed by atoms with Crippen LogP contribution in [0.25, 0.3) is 0 Å². The molecular formula is C22H30N2O3. The molecule has 0 heterocycles. The number of anilines is 1. The fourth-order valence-electron chi connectivity index (χ4n) is 6.16. The molecule has 4 fully saturated rings. The van der Waals surface area contributed by atoms with Crippen molar-refractivity contribution in [2.75, 3.05) is 19.0 Å². The Hall–Kier alpha value is -1.88. The standard InChI is InChI=1S/C22H30N2O3/c1-13-5-4-6-14(2)19(13)24-21(26)20(25)23-12-22(27-3)17-8-15-7-16(10-17)11-18(22)9-15/h4-6,15-18H,7-12H2,1-3H3,(H,23,25)(H,24,26). The molecule has 27 heavy (non-hydrogen) atoms. The number of hydrogen-bond acceptors (Lipinski definition) is 3. The van der Waals surface area contributed by atoms with Crippen LogP contribution in [0.3, 0.4) is 0 Å². The quantitative estimate of drug-likeness (QED) is 0.800. The number of ether oxygens (including phenoxy) is 1. The normalized spacial score (nSPS) is 33.7. The molecule has 4 saturated carbocycles. The molecule has 5 rings (SSSR count). The fourth-order valence-corrected chi connectivity index (χ4v) is 6.16. The van der Waals surface area contributed by atoms with E-state index in [1.165, 1.54) is 32.1 Å². The number of amides is 2. The minimum absolute atomic E-state index is 0.304. The van der Waals surface area contributed by atoms with Gasteiger partial charge in [0.2, 0.25) is 0 Å². The molecule has 5 heteroatoms. The van der Waals surface area contributed by atoms with Crippen LogP contribution in [0.15, 0.2) is 18.2 Å². The maximum absolute atomic E-state index is 12.5. The Bertz CT molecular complexity index is 710. The molecule has 0 radical (unpaired) electrons. The van der Waals surface area contributed by atoms with Crippen LogP contribution < -0.4 is 10.6 Å². The number of hydrogen-bond donors (Lipinski definition) is 2. The fraction of sp³-hybridized carbons (Fsp3) is 0.636. The molecule has 0 aromatic heterocycles. The van der Waals surface area contributed by atoms with Crippen LogP contribution in [-0.2, 0) is 14.3 Å². The molecule has 2 amide bonds. The minimum atomic E-state index is -0.609. The van der Waals surface area contributed by atoms with Gasteiger partial charge in [0.25, 0.3) is 0 Å². The second kappa shape index (κ2) is 6.93. The molecule has 4 aliphatic rings. The Labute approximate surface area is 161 Å². The second-order valence-corrected chi connectivity index (χ2v) is 8.87. The van der Waals surface area contributed by atoms with Crippen molar-refractivity contribution < 1.29 is 14.3 Å². The smallest absolute Gasteiger partial charge is 0.313 e. The first-order chi connectivity index (χ1) is 12.9. The summed E-state index contributed by atoms with van der Waals surface area (Å²) in [7, 11) is 1.77. The van der Waals surface area contributed by atoms with Crippen LogP contribution >= 0.6 is 0 Å². The molecular weight excluding hydrogens is 340 g/mol. The van der Waals surface area contributed by atoms with Crippen LogP contribution in [0, 0.1) is 37.5 Å². The van der Waals surface area contributed by atoms with Gasteiger partial charge in [-0.2, -0.15) is 0 Å². The van der Waals surface area contributed by atoms with Gasteiger partial charge >= 0.3 is 11.8 Å². The van der Waals surface area contributed by atoms with Crippen molar-refractivity contribution in [2.24, 2.45) is 23.7 Å². The second-order valence-electron chi connectivity index (χ2n) is 8.87. The summed E-state index contributed by atoms with van der Waals surface area (Å²) in [5, 5.41) is 5.65. The van der Waals surface area contributed by atoms with E-state index in [2.05, 4.69) is 10.6 Å². The van der Waals surface area contributed by atoms with E-state index >= 15 is 0 Å². The average molecular weight is 370 g/mol. The zero-order valence-electron chi connectivity index (χ0n) is 16.5. The van der Waals surface area contributed by atoms with E-state index in [9.17, 15) is 9.59 Å². The summed E-state index contributed by atoms with van der Waals surface area (Å²) in [5.41, 5.74) is 2.31. The molecule has 1 aromatic rings. The number of methoxy groups -OCH3 is 1. The summed E-state index contributed by atoms with van der Waals surface area (Å²) in [6.45, 7) is 4.28. The predicted molar refractivity (Wildman–Crippen MR) is 104 cm³/mol. The number of carbonyl (C=O) groups excluding carboxylic acids is 2. The summed E-state index contributed by atoms with van der Waals surface area (Å²) in [5.74, 6) is 1.48. The monoisotopic (exact) mass is 370 g/mol. The van der Waals surface area contributed by atoms with Gasteiger partial charge in [-0.15, -0.1) is 0 Å². The molecule has 0 atom stereocenters. The van der Waals surface area contributed by atoms with Gasteiger partial charge in [-0.25, -0.2) is 0 Å². The third-order valence-corrected chi connectivity index (χ3v) is 7.35. The molecule has 0 unspecified atom stereocenters. The third-order valence-electron chi connectivity index (χ3n) is 7.35. The molecule has 2 N–H and O–H groups in total. The topological polar surface area (TPSA) is 67.4 Å². The van der Waals surface area contributed by atoms with Crippen molar-refractivity contribution in [1.82, 2.24) is 5.32 Å². The van der Waals surface area contributed by atoms with Crippen LogP contribution in [-0.4, -0.2) is 31.1 Å². The van der Waals surface area contributed by atoms with E-state index in [4.69, 9.17) is 4.74 Å². The summed E-state index contributed by atoms with van der Waals surface area (Å²) >= 11 is 0. The van der Waals surface area contributed by atoms with Gasteiger partial charge in [0.15, 0.2) is 0 Å². The van der Waals surface area contributed by atoms with Gasteiger partial charge in [0.1, 0.15) is 0 Å². The van der Waals surface area contributed by atoms with Crippen molar-refractivity contribution in [3.63, 3.8) is 0 Å². The maximum Gasteiger partial charge on any atom is 0.313 e. The lowest BCUT2D eigenvalue weighted by Crippen LogP contribution is -2.63. The van der Waals surface area contributed by atoms with Crippen LogP contribution in [0.5, 0.6) is 0 Å². The molecule has 5 nitrogen and oxygen atoms in total. The maximum atomic E-state index is 12.5. The van der Waals surface area contributed by atoms with Crippen LogP contribution in [0.1, 0.15) is 43.2 Å².